The second-order valence-corrected chi connectivity index (χ2v) is 4.09. The molecule has 1 amide bonds. The number of benzene rings is 1. The van der Waals surface area contributed by atoms with Crippen molar-refractivity contribution < 1.29 is 14.3 Å². The third kappa shape index (κ3) is 4.13. The summed E-state index contributed by atoms with van der Waals surface area (Å²) in [6.07, 6.45) is 0.278. The monoisotopic (exact) mass is 249 g/mol. The number of carbonyl (C=O) groups excluding carboxylic acids is 1. The molecule has 0 atom stereocenters. The molecule has 0 fully saturated rings. The number of nitrogens with one attached hydrogen (secondary N) is 1. The van der Waals surface area contributed by atoms with E-state index in [0.717, 1.165) is 11.1 Å². The molecule has 4 heteroatoms. The van der Waals surface area contributed by atoms with Gasteiger partial charge in [-0.25, -0.2) is 0 Å². The predicted molar refractivity (Wildman–Crippen MR) is 71.1 cm³/mol. The van der Waals surface area contributed by atoms with Crippen LogP contribution < -0.4 is 14.8 Å². The van der Waals surface area contributed by atoms with Crippen LogP contribution in [0.1, 0.15) is 12.5 Å². The number of hydrogen-bond acceptors (Lipinski definition) is 3. The maximum absolute atomic E-state index is 11.7. The van der Waals surface area contributed by atoms with Gasteiger partial charge in [-0.05, 0) is 13.0 Å². The summed E-state index contributed by atoms with van der Waals surface area (Å²) in [7, 11) is 3.16. The molecule has 0 aliphatic carbocycles. The van der Waals surface area contributed by atoms with Gasteiger partial charge in [0, 0.05) is 18.2 Å². The van der Waals surface area contributed by atoms with Gasteiger partial charge in [0.1, 0.15) is 11.5 Å². The third-order valence-electron chi connectivity index (χ3n) is 2.43. The molecule has 0 bridgehead atoms. The van der Waals surface area contributed by atoms with Gasteiger partial charge < -0.3 is 14.8 Å². The molecule has 0 aliphatic heterocycles. The summed E-state index contributed by atoms with van der Waals surface area (Å²) in [4.78, 5) is 11.7. The SMILES string of the molecule is C=C(C)CNC(=O)Cc1ccc(OC)cc1OC. The maximum atomic E-state index is 11.7. The number of carbonyl (C=O) groups is 1. The summed E-state index contributed by atoms with van der Waals surface area (Å²) >= 11 is 0. The summed E-state index contributed by atoms with van der Waals surface area (Å²) in [5.74, 6) is 1.30. The van der Waals surface area contributed by atoms with Crippen molar-refractivity contribution in [3.05, 3.63) is 35.9 Å². The second kappa shape index (κ2) is 6.69. The summed E-state index contributed by atoms with van der Waals surface area (Å²) in [6, 6.07) is 5.41. The molecule has 4 nitrogen and oxygen atoms in total. The Morgan fingerprint density at radius 2 is 2.06 bits per heavy atom. The first-order valence-electron chi connectivity index (χ1n) is 5.68. The fourth-order valence-corrected chi connectivity index (χ4v) is 1.48. The Hall–Kier alpha value is -1.97. The Bertz CT molecular complexity index is 441. The van der Waals surface area contributed by atoms with Crippen LogP contribution in [0.5, 0.6) is 11.5 Å². The number of amides is 1. The molecular weight excluding hydrogens is 230 g/mol. The Morgan fingerprint density at radius 1 is 1.33 bits per heavy atom. The fraction of sp³-hybridized carbons (Fsp3) is 0.357. The van der Waals surface area contributed by atoms with Gasteiger partial charge in [-0.15, -0.1) is 0 Å². The minimum atomic E-state index is -0.0542. The molecule has 1 rings (SSSR count). The average molecular weight is 249 g/mol. The zero-order valence-electron chi connectivity index (χ0n) is 11.1. The van der Waals surface area contributed by atoms with Crippen LogP contribution >= 0.6 is 0 Å². The molecule has 1 N–H and O–H groups in total. The largest absolute Gasteiger partial charge is 0.497 e. The molecule has 1 aromatic carbocycles. The van der Waals surface area contributed by atoms with Crippen LogP contribution in [-0.4, -0.2) is 26.7 Å². The summed E-state index contributed by atoms with van der Waals surface area (Å²) in [6.45, 7) is 6.10. The topological polar surface area (TPSA) is 47.6 Å². The molecule has 0 radical (unpaired) electrons. The van der Waals surface area contributed by atoms with Gasteiger partial charge in [-0.1, -0.05) is 18.2 Å². The van der Waals surface area contributed by atoms with E-state index < -0.39 is 0 Å². The van der Waals surface area contributed by atoms with Gasteiger partial charge in [0.05, 0.1) is 20.6 Å². The molecule has 0 aromatic heterocycles. The maximum Gasteiger partial charge on any atom is 0.224 e. The van der Waals surface area contributed by atoms with Gasteiger partial charge in [0.25, 0.3) is 0 Å². The van der Waals surface area contributed by atoms with Crippen LogP contribution in [0.2, 0.25) is 0 Å². The lowest BCUT2D eigenvalue weighted by Crippen LogP contribution is -2.26. The quantitative estimate of drug-likeness (QED) is 0.784. The van der Waals surface area contributed by atoms with E-state index in [1.165, 1.54) is 0 Å². The Labute approximate surface area is 108 Å². The highest BCUT2D eigenvalue weighted by Gasteiger charge is 2.09. The predicted octanol–water partition coefficient (Wildman–Crippen LogP) is 1.94. The van der Waals surface area contributed by atoms with Crippen molar-refractivity contribution in [2.24, 2.45) is 0 Å². The number of ether oxygens (including phenoxy) is 2. The molecule has 1 aromatic rings. The first-order chi connectivity index (χ1) is 8.56. The van der Waals surface area contributed by atoms with Crippen molar-refractivity contribution in [2.45, 2.75) is 13.3 Å². The van der Waals surface area contributed by atoms with Crippen molar-refractivity contribution in [2.75, 3.05) is 20.8 Å². The first-order valence-corrected chi connectivity index (χ1v) is 5.68. The molecular formula is C14H19NO3. The molecule has 0 saturated heterocycles. The molecule has 18 heavy (non-hydrogen) atoms. The lowest BCUT2D eigenvalue weighted by molar-refractivity contribution is -0.120. The lowest BCUT2D eigenvalue weighted by atomic mass is 10.1. The van der Waals surface area contributed by atoms with Crippen LogP contribution in [0, 0.1) is 0 Å². The van der Waals surface area contributed by atoms with E-state index in [4.69, 9.17) is 9.47 Å². The van der Waals surface area contributed by atoms with Crippen molar-refractivity contribution in [1.82, 2.24) is 5.32 Å². The van der Waals surface area contributed by atoms with Crippen molar-refractivity contribution in [1.29, 1.82) is 0 Å². The van der Waals surface area contributed by atoms with E-state index in [-0.39, 0.29) is 12.3 Å². The second-order valence-electron chi connectivity index (χ2n) is 4.09. The van der Waals surface area contributed by atoms with Crippen LogP contribution in [0.15, 0.2) is 30.4 Å². The van der Waals surface area contributed by atoms with Crippen molar-refractivity contribution >= 4 is 5.91 Å². The van der Waals surface area contributed by atoms with E-state index in [1.807, 2.05) is 19.1 Å². The molecule has 0 aliphatic rings. The van der Waals surface area contributed by atoms with Gasteiger partial charge in [-0.3, -0.25) is 4.79 Å². The highest BCUT2D eigenvalue weighted by Crippen LogP contribution is 2.24. The third-order valence-corrected chi connectivity index (χ3v) is 2.43. The lowest BCUT2D eigenvalue weighted by Gasteiger charge is -2.10. The Balaban J connectivity index is 2.71. The van der Waals surface area contributed by atoms with E-state index >= 15 is 0 Å². The number of rotatable bonds is 6. The Kier molecular flexibility index (Phi) is 5.24. The first kappa shape index (κ1) is 14.1. The van der Waals surface area contributed by atoms with E-state index in [1.54, 1.807) is 20.3 Å². The standard InChI is InChI=1S/C14H19NO3/c1-10(2)9-15-14(16)7-11-5-6-12(17-3)8-13(11)18-4/h5-6,8H,1,7,9H2,2-4H3,(H,15,16). The zero-order valence-corrected chi connectivity index (χ0v) is 11.1. The molecule has 98 valence electrons. The zero-order chi connectivity index (χ0) is 13.5. The van der Waals surface area contributed by atoms with Gasteiger partial charge in [-0.2, -0.15) is 0 Å². The van der Waals surface area contributed by atoms with Crippen LogP contribution in [0.4, 0.5) is 0 Å². The van der Waals surface area contributed by atoms with Crippen LogP contribution in [-0.2, 0) is 11.2 Å². The molecule has 0 heterocycles. The van der Waals surface area contributed by atoms with Gasteiger partial charge in [0.15, 0.2) is 0 Å². The highest BCUT2D eigenvalue weighted by atomic mass is 16.5. The smallest absolute Gasteiger partial charge is 0.224 e. The summed E-state index contributed by atoms with van der Waals surface area (Å²) < 4.78 is 10.3. The van der Waals surface area contributed by atoms with E-state index in [9.17, 15) is 4.79 Å². The van der Waals surface area contributed by atoms with Crippen molar-refractivity contribution in [3.63, 3.8) is 0 Å². The molecule has 0 unspecified atom stereocenters. The summed E-state index contributed by atoms with van der Waals surface area (Å²) in [5.41, 5.74) is 1.75. The van der Waals surface area contributed by atoms with Crippen LogP contribution in [0.25, 0.3) is 0 Å². The van der Waals surface area contributed by atoms with Gasteiger partial charge in [0.2, 0.25) is 5.91 Å². The number of hydrogen-bond donors (Lipinski definition) is 1. The summed E-state index contributed by atoms with van der Waals surface area (Å²) in [5, 5.41) is 2.79. The van der Waals surface area contributed by atoms with Gasteiger partial charge >= 0.3 is 0 Å². The minimum Gasteiger partial charge on any atom is -0.497 e. The Morgan fingerprint density at radius 3 is 2.61 bits per heavy atom. The van der Waals surface area contributed by atoms with E-state index in [0.29, 0.717) is 18.0 Å². The number of methoxy groups -OCH3 is 2. The highest BCUT2D eigenvalue weighted by molar-refractivity contribution is 5.79. The van der Waals surface area contributed by atoms with Crippen molar-refractivity contribution in [3.8, 4) is 11.5 Å². The van der Waals surface area contributed by atoms with Crippen LogP contribution in [0.3, 0.4) is 0 Å². The fourth-order valence-electron chi connectivity index (χ4n) is 1.48. The van der Waals surface area contributed by atoms with E-state index in [2.05, 4.69) is 11.9 Å². The average Bonchev–Trinajstić information content (AvgIpc) is 2.36. The normalized spacial score (nSPS) is 9.72. The molecule has 0 saturated carbocycles. The minimum absolute atomic E-state index is 0.0542. The molecule has 0 spiro atoms.